The van der Waals surface area contributed by atoms with Crippen molar-refractivity contribution in [3.05, 3.63) is 57.9 Å². The number of ether oxygens (including phenoxy) is 1. The molecule has 1 heterocycles. The van der Waals surface area contributed by atoms with Gasteiger partial charge in [-0.05, 0) is 34.2 Å². The maximum absolute atomic E-state index is 11.6. The summed E-state index contributed by atoms with van der Waals surface area (Å²) in [7, 11) is 0. The second-order valence-electron chi connectivity index (χ2n) is 3.54. The molecular weight excluding hydrogens is 343 g/mol. The van der Waals surface area contributed by atoms with E-state index in [-0.39, 0.29) is 6.61 Å². The van der Waals surface area contributed by atoms with E-state index in [1.165, 1.54) is 0 Å². The average molecular weight is 354 g/mol. The number of carbonyl (C=O) groups excluding carboxylic acids is 1. The van der Waals surface area contributed by atoms with Crippen molar-refractivity contribution in [2.45, 2.75) is 6.61 Å². The third kappa shape index (κ3) is 3.69. The van der Waals surface area contributed by atoms with E-state index in [1.54, 1.807) is 18.5 Å². The lowest BCUT2D eigenvalue weighted by Gasteiger charge is -2.08. The first-order chi connectivity index (χ1) is 8.75. The van der Waals surface area contributed by atoms with Gasteiger partial charge >= 0.3 is 6.09 Å². The van der Waals surface area contributed by atoms with Crippen molar-refractivity contribution in [1.82, 2.24) is 4.98 Å². The van der Waals surface area contributed by atoms with E-state index >= 15 is 0 Å². The van der Waals surface area contributed by atoms with Crippen LogP contribution in [0.2, 0.25) is 0 Å². The molecule has 1 N–H and O–H groups in total. The molecule has 92 valence electrons. The number of nitrogens with one attached hydrogen (secondary N) is 1. The zero-order valence-corrected chi connectivity index (χ0v) is 11.6. The van der Waals surface area contributed by atoms with E-state index in [0.29, 0.717) is 5.69 Å². The van der Waals surface area contributed by atoms with Crippen LogP contribution in [0.1, 0.15) is 5.56 Å². The lowest BCUT2D eigenvalue weighted by molar-refractivity contribution is 0.155. The van der Waals surface area contributed by atoms with Crippen LogP contribution < -0.4 is 5.32 Å². The Bertz CT molecular complexity index is 532. The number of anilines is 1. The molecule has 0 unspecified atom stereocenters. The van der Waals surface area contributed by atoms with Crippen LogP contribution in [0.5, 0.6) is 0 Å². The lowest BCUT2D eigenvalue weighted by atomic mass is 10.2. The molecule has 0 radical (unpaired) electrons. The van der Waals surface area contributed by atoms with E-state index < -0.39 is 6.09 Å². The van der Waals surface area contributed by atoms with Gasteiger partial charge in [-0.3, -0.25) is 10.3 Å². The summed E-state index contributed by atoms with van der Waals surface area (Å²) in [6.07, 6.45) is 2.82. The molecule has 0 aliphatic carbocycles. The largest absolute Gasteiger partial charge is 0.444 e. The van der Waals surface area contributed by atoms with Crippen molar-refractivity contribution in [1.29, 1.82) is 0 Å². The summed E-state index contributed by atoms with van der Waals surface area (Å²) >= 11 is 2.10. The fourth-order valence-electron chi connectivity index (χ4n) is 1.35. The predicted molar refractivity (Wildman–Crippen MR) is 77.2 cm³/mol. The van der Waals surface area contributed by atoms with Gasteiger partial charge in [0.2, 0.25) is 0 Å². The van der Waals surface area contributed by atoms with Gasteiger partial charge < -0.3 is 4.74 Å². The Morgan fingerprint density at radius 2 is 2.06 bits per heavy atom. The molecule has 0 aliphatic heterocycles. The van der Waals surface area contributed by atoms with Gasteiger partial charge in [-0.2, -0.15) is 0 Å². The Labute approximate surface area is 119 Å². The Morgan fingerprint density at radius 1 is 1.28 bits per heavy atom. The Morgan fingerprint density at radius 3 is 2.78 bits per heavy atom. The number of amides is 1. The number of pyridine rings is 1. The minimum Gasteiger partial charge on any atom is -0.444 e. The van der Waals surface area contributed by atoms with E-state index in [9.17, 15) is 4.79 Å². The smallest absolute Gasteiger partial charge is 0.411 e. The quantitative estimate of drug-likeness (QED) is 0.860. The second kappa shape index (κ2) is 6.34. The highest BCUT2D eigenvalue weighted by molar-refractivity contribution is 14.1. The molecule has 2 aromatic rings. The standard InChI is InChI=1S/C13H11IN2O2/c14-11-8-15-7-6-12(11)16-13(17)18-9-10-4-2-1-3-5-10/h1-8H,9H2,(H,15,16,17). The Kier molecular flexibility index (Phi) is 4.52. The van der Waals surface area contributed by atoms with Gasteiger partial charge in [0.25, 0.3) is 0 Å². The topological polar surface area (TPSA) is 51.2 Å². The first-order valence-electron chi connectivity index (χ1n) is 5.33. The maximum atomic E-state index is 11.6. The summed E-state index contributed by atoms with van der Waals surface area (Å²) in [5, 5.41) is 2.67. The molecule has 0 fully saturated rings. The van der Waals surface area contributed by atoms with Crippen molar-refractivity contribution < 1.29 is 9.53 Å². The van der Waals surface area contributed by atoms with Crippen LogP contribution in [0.25, 0.3) is 0 Å². The molecule has 0 atom stereocenters. The Hall–Kier alpha value is -1.63. The molecular formula is C13H11IN2O2. The normalized spacial score (nSPS) is 9.83. The molecule has 5 heteroatoms. The summed E-state index contributed by atoms with van der Waals surface area (Å²) in [5.74, 6) is 0. The molecule has 1 amide bonds. The molecule has 1 aromatic heterocycles. The van der Waals surface area contributed by atoms with Crippen molar-refractivity contribution in [2.24, 2.45) is 0 Å². The summed E-state index contributed by atoms with van der Waals surface area (Å²) in [6, 6.07) is 11.3. The number of hydrogen-bond acceptors (Lipinski definition) is 3. The minimum atomic E-state index is -0.469. The van der Waals surface area contributed by atoms with Gasteiger partial charge in [-0.15, -0.1) is 0 Å². The number of halogens is 1. The van der Waals surface area contributed by atoms with Gasteiger partial charge in [-0.25, -0.2) is 4.79 Å². The van der Waals surface area contributed by atoms with Crippen LogP contribution in [-0.2, 0) is 11.3 Å². The third-order valence-corrected chi connectivity index (χ3v) is 3.08. The summed E-state index contributed by atoms with van der Waals surface area (Å²) in [6.45, 7) is 0.258. The van der Waals surface area contributed by atoms with Gasteiger partial charge in [0.05, 0.1) is 9.26 Å². The Balaban J connectivity index is 1.88. The SMILES string of the molecule is O=C(Nc1ccncc1I)OCc1ccccc1. The van der Waals surface area contributed by atoms with Crippen LogP contribution in [-0.4, -0.2) is 11.1 Å². The molecule has 0 saturated carbocycles. The summed E-state index contributed by atoms with van der Waals surface area (Å²) in [5.41, 5.74) is 1.65. The predicted octanol–water partition coefficient (Wildman–Crippen LogP) is 3.43. The van der Waals surface area contributed by atoms with Crippen LogP contribution >= 0.6 is 22.6 Å². The first kappa shape index (κ1) is 12.8. The van der Waals surface area contributed by atoms with E-state index in [1.807, 2.05) is 30.3 Å². The highest BCUT2D eigenvalue weighted by Crippen LogP contribution is 2.15. The van der Waals surface area contributed by atoms with Crippen molar-refractivity contribution in [3.63, 3.8) is 0 Å². The van der Waals surface area contributed by atoms with Gasteiger partial charge in [0.15, 0.2) is 0 Å². The number of carbonyl (C=O) groups is 1. The number of hydrogen-bond donors (Lipinski definition) is 1. The van der Waals surface area contributed by atoms with Crippen molar-refractivity contribution in [2.75, 3.05) is 5.32 Å². The first-order valence-corrected chi connectivity index (χ1v) is 6.41. The summed E-state index contributed by atoms with van der Waals surface area (Å²) in [4.78, 5) is 15.5. The summed E-state index contributed by atoms with van der Waals surface area (Å²) < 4.78 is 5.98. The zero-order chi connectivity index (χ0) is 12.8. The molecule has 0 bridgehead atoms. The molecule has 0 saturated heterocycles. The number of rotatable bonds is 3. The van der Waals surface area contributed by atoms with Gasteiger partial charge in [-0.1, -0.05) is 30.3 Å². The fraction of sp³-hybridized carbons (Fsp3) is 0.0769. The number of benzene rings is 1. The molecule has 18 heavy (non-hydrogen) atoms. The van der Waals surface area contributed by atoms with Crippen LogP contribution in [0.4, 0.5) is 10.5 Å². The zero-order valence-electron chi connectivity index (χ0n) is 9.47. The van der Waals surface area contributed by atoms with Gasteiger partial charge in [0.1, 0.15) is 6.61 Å². The van der Waals surface area contributed by atoms with Crippen LogP contribution in [0, 0.1) is 3.57 Å². The van der Waals surface area contributed by atoms with E-state index in [0.717, 1.165) is 9.13 Å². The van der Waals surface area contributed by atoms with Crippen LogP contribution in [0.15, 0.2) is 48.8 Å². The number of aromatic nitrogens is 1. The van der Waals surface area contributed by atoms with E-state index in [4.69, 9.17) is 4.74 Å². The molecule has 4 nitrogen and oxygen atoms in total. The van der Waals surface area contributed by atoms with Crippen molar-refractivity contribution >= 4 is 34.4 Å². The lowest BCUT2D eigenvalue weighted by Crippen LogP contribution is -2.14. The van der Waals surface area contributed by atoms with Gasteiger partial charge in [0, 0.05) is 12.4 Å². The monoisotopic (exact) mass is 354 g/mol. The second-order valence-corrected chi connectivity index (χ2v) is 4.70. The fourth-order valence-corrected chi connectivity index (χ4v) is 1.82. The highest BCUT2D eigenvalue weighted by Gasteiger charge is 2.06. The minimum absolute atomic E-state index is 0.258. The average Bonchev–Trinajstić information content (AvgIpc) is 2.40. The van der Waals surface area contributed by atoms with Crippen LogP contribution in [0.3, 0.4) is 0 Å². The molecule has 2 rings (SSSR count). The third-order valence-electron chi connectivity index (χ3n) is 2.22. The number of nitrogens with zero attached hydrogens (tertiary/aromatic N) is 1. The molecule has 0 aliphatic rings. The highest BCUT2D eigenvalue weighted by atomic mass is 127. The van der Waals surface area contributed by atoms with Crippen molar-refractivity contribution in [3.8, 4) is 0 Å². The molecule has 0 spiro atoms. The molecule has 1 aromatic carbocycles. The van der Waals surface area contributed by atoms with E-state index in [2.05, 4.69) is 32.9 Å². The maximum Gasteiger partial charge on any atom is 0.411 e.